The fourth-order valence-electron chi connectivity index (χ4n) is 12.7. The van der Waals surface area contributed by atoms with Crippen LogP contribution in [0.2, 0.25) is 0 Å². The Kier molecular flexibility index (Phi) is 15.2. The molecule has 0 bridgehead atoms. The van der Waals surface area contributed by atoms with Crippen LogP contribution in [0.1, 0.15) is 11.1 Å². The summed E-state index contributed by atoms with van der Waals surface area (Å²) in [6, 6.07) is 117. The van der Waals surface area contributed by atoms with E-state index in [0.29, 0.717) is 46.1 Å². The Bertz CT molecular complexity index is 5610. The van der Waals surface area contributed by atoms with E-state index in [9.17, 15) is 10.5 Å². The minimum Gasteiger partial charge on any atom is -0.208 e. The predicted octanol–water partition coefficient (Wildman–Crippen LogP) is 21.8. The van der Waals surface area contributed by atoms with Gasteiger partial charge in [0.2, 0.25) is 0 Å². The number of nitrogens with zero attached hydrogens (tertiary/aromatic N) is 8. The maximum absolute atomic E-state index is 9.57. The summed E-state index contributed by atoms with van der Waals surface area (Å²) in [5.41, 5.74) is 21.5. The average molecular weight is 1220 g/mol. The quantitative estimate of drug-likeness (QED) is 0.112. The molecule has 16 aromatic rings. The van der Waals surface area contributed by atoms with E-state index in [1.54, 1.807) is 0 Å². The van der Waals surface area contributed by atoms with Gasteiger partial charge in [-0.3, -0.25) is 0 Å². The number of nitriles is 2. The minimum absolute atomic E-state index is 0.569. The van der Waals surface area contributed by atoms with Crippen molar-refractivity contribution in [3.63, 3.8) is 0 Å². The fourth-order valence-corrected chi connectivity index (χ4v) is 12.7. The van der Waals surface area contributed by atoms with Gasteiger partial charge in [0.05, 0.1) is 23.3 Å². The summed E-state index contributed by atoms with van der Waals surface area (Å²) in [5, 5.41) is 23.6. The number of hydrogen-bond donors (Lipinski definition) is 0. The van der Waals surface area contributed by atoms with Crippen LogP contribution >= 0.6 is 0 Å². The topological polar surface area (TPSA) is 125 Å². The summed E-state index contributed by atoms with van der Waals surface area (Å²) < 4.78 is 0. The van der Waals surface area contributed by atoms with Gasteiger partial charge in [0.1, 0.15) is 0 Å². The molecule has 0 unspecified atom stereocenters. The Labute approximate surface area is 555 Å². The van der Waals surface area contributed by atoms with Gasteiger partial charge in [-0.2, -0.15) is 10.5 Å². The van der Waals surface area contributed by atoms with Crippen molar-refractivity contribution in [1.29, 1.82) is 10.5 Å². The SMILES string of the molecule is N#Cc1ccc(-c2cccc(-c3cc4ccc(-c5ccc(-c6nc(-c7ccccc7)nc(-c7ccc(-c8cc9ccccc9cc8-c8ccccc8-c8ccc(C#N)cc8)cc7)n6)cc5)cc4cc3-c3ccc(-c4nc(-c5ccccc5)nc(-c5ccccc5)n4)cc3)c2)cc1. The third kappa shape index (κ3) is 11.6. The molecule has 0 radical (unpaired) electrons. The van der Waals surface area contributed by atoms with Gasteiger partial charge < -0.3 is 0 Å². The van der Waals surface area contributed by atoms with Gasteiger partial charge in [0.15, 0.2) is 34.9 Å². The Balaban J connectivity index is 0.746. The molecule has 0 aliphatic heterocycles. The molecule has 446 valence electrons. The lowest BCUT2D eigenvalue weighted by atomic mass is 9.87. The Morgan fingerprint density at radius 2 is 0.448 bits per heavy atom. The molecule has 0 fully saturated rings. The molecule has 0 amide bonds. The first-order chi connectivity index (χ1) is 47.4. The van der Waals surface area contributed by atoms with Crippen LogP contribution in [0.25, 0.3) is 168 Å². The fraction of sp³-hybridized carbons (Fsp3) is 0. The highest BCUT2D eigenvalue weighted by Crippen LogP contribution is 2.43. The van der Waals surface area contributed by atoms with Crippen molar-refractivity contribution in [2.45, 2.75) is 0 Å². The van der Waals surface area contributed by atoms with Crippen LogP contribution < -0.4 is 0 Å². The van der Waals surface area contributed by atoms with Crippen LogP contribution in [0.3, 0.4) is 0 Å². The molecule has 2 heterocycles. The predicted molar refractivity (Wildman–Crippen MR) is 388 cm³/mol. The lowest BCUT2D eigenvalue weighted by Crippen LogP contribution is -2.00. The summed E-state index contributed by atoms with van der Waals surface area (Å²) >= 11 is 0. The normalized spacial score (nSPS) is 11.1. The monoisotopic (exact) mass is 1220 g/mol. The maximum atomic E-state index is 9.57. The summed E-state index contributed by atoms with van der Waals surface area (Å²) in [5.74, 6) is 3.53. The van der Waals surface area contributed by atoms with E-state index < -0.39 is 0 Å². The molecule has 96 heavy (non-hydrogen) atoms. The van der Waals surface area contributed by atoms with Crippen molar-refractivity contribution < 1.29 is 0 Å². The number of fused-ring (bicyclic) bond motifs is 2. The zero-order chi connectivity index (χ0) is 64.3. The first kappa shape index (κ1) is 57.7. The smallest absolute Gasteiger partial charge is 0.164 e. The maximum Gasteiger partial charge on any atom is 0.164 e. The van der Waals surface area contributed by atoms with Gasteiger partial charge in [-0.05, 0) is 160 Å². The van der Waals surface area contributed by atoms with Crippen LogP contribution in [-0.2, 0) is 0 Å². The molecule has 0 atom stereocenters. The van der Waals surface area contributed by atoms with Crippen molar-refractivity contribution in [3.8, 4) is 158 Å². The highest BCUT2D eigenvalue weighted by molar-refractivity contribution is 6.01. The second-order valence-corrected chi connectivity index (χ2v) is 23.7. The molecule has 0 saturated heterocycles. The first-order valence-corrected chi connectivity index (χ1v) is 31.7. The van der Waals surface area contributed by atoms with Crippen molar-refractivity contribution >= 4 is 21.5 Å². The van der Waals surface area contributed by atoms with Crippen LogP contribution in [0.5, 0.6) is 0 Å². The largest absolute Gasteiger partial charge is 0.208 e. The summed E-state index contributed by atoms with van der Waals surface area (Å²) in [6.45, 7) is 0. The lowest BCUT2D eigenvalue weighted by Gasteiger charge is -2.17. The van der Waals surface area contributed by atoms with Crippen molar-refractivity contribution in [2.75, 3.05) is 0 Å². The second kappa shape index (κ2) is 25.4. The third-order valence-corrected chi connectivity index (χ3v) is 17.7. The molecule has 2 aromatic heterocycles. The molecule has 0 N–H and O–H groups in total. The molecule has 0 aliphatic rings. The van der Waals surface area contributed by atoms with Crippen LogP contribution in [0, 0.1) is 22.7 Å². The molecule has 8 nitrogen and oxygen atoms in total. The highest BCUT2D eigenvalue weighted by atomic mass is 15.0. The van der Waals surface area contributed by atoms with E-state index in [1.165, 1.54) is 0 Å². The summed E-state index contributed by atoms with van der Waals surface area (Å²) in [4.78, 5) is 30.5. The van der Waals surface area contributed by atoms with Gasteiger partial charge in [-0.25, -0.2) is 29.9 Å². The van der Waals surface area contributed by atoms with Gasteiger partial charge in [0, 0.05) is 33.4 Å². The van der Waals surface area contributed by atoms with Gasteiger partial charge in [-0.15, -0.1) is 0 Å². The minimum atomic E-state index is 0.569. The van der Waals surface area contributed by atoms with Crippen LogP contribution in [-0.4, -0.2) is 29.9 Å². The van der Waals surface area contributed by atoms with Crippen molar-refractivity contribution in [1.82, 2.24) is 29.9 Å². The summed E-state index contributed by atoms with van der Waals surface area (Å²) in [7, 11) is 0. The van der Waals surface area contributed by atoms with E-state index in [2.05, 4.69) is 200 Å². The standard InChI is InChI=1S/C88H54N8/c89-55-57-27-31-59(32-28-57)70-23-14-24-75(49-70)81-52-74-48-47-73(50-76(74)54-79(81)62-37-43-68(44-38-62)87-92-83(64-15-4-1-5-16-64)91-84(93-87)65-17-6-2-7-18-65)60-35-41-67(42-36-60)86-94-85(66-19-8-3-9-20-66)95-88(96-86)69-45-39-63(40-46-69)80-51-71-21-10-11-22-72(71)53-82(80)78-26-13-12-25-77(78)61-33-29-58(56-90)30-34-61/h1-54H. The van der Waals surface area contributed by atoms with Gasteiger partial charge >= 0.3 is 0 Å². The Morgan fingerprint density at radius 1 is 0.167 bits per heavy atom. The molecule has 16 rings (SSSR count). The Morgan fingerprint density at radius 3 is 0.906 bits per heavy atom. The van der Waals surface area contributed by atoms with Gasteiger partial charge in [0.25, 0.3) is 0 Å². The molecule has 0 spiro atoms. The lowest BCUT2D eigenvalue weighted by molar-refractivity contribution is 1.07. The van der Waals surface area contributed by atoms with E-state index in [4.69, 9.17) is 29.9 Å². The molecule has 0 aliphatic carbocycles. The summed E-state index contributed by atoms with van der Waals surface area (Å²) in [6.07, 6.45) is 0. The zero-order valence-corrected chi connectivity index (χ0v) is 51.8. The number of rotatable bonds is 13. The molecular formula is C88H54N8. The number of aromatic nitrogens is 6. The number of hydrogen-bond acceptors (Lipinski definition) is 8. The van der Waals surface area contributed by atoms with Crippen LogP contribution in [0.15, 0.2) is 328 Å². The first-order valence-electron chi connectivity index (χ1n) is 31.7. The number of benzene rings is 14. The molecular weight excluding hydrogens is 1170 g/mol. The highest BCUT2D eigenvalue weighted by Gasteiger charge is 2.20. The van der Waals surface area contributed by atoms with E-state index in [1.807, 2.05) is 140 Å². The molecule has 8 heteroatoms. The Hall–Kier alpha value is -13.4. The molecule has 0 saturated carbocycles. The van der Waals surface area contributed by atoms with Gasteiger partial charge in [-0.1, -0.05) is 267 Å². The van der Waals surface area contributed by atoms with E-state index in [0.717, 1.165) is 133 Å². The third-order valence-electron chi connectivity index (χ3n) is 17.7. The molecule has 14 aromatic carbocycles. The van der Waals surface area contributed by atoms with E-state index >= 15 is 0 Å². The average Bonchev–Trinajstić information content (AvgIpc) is 0.929. The zero-order valence-electron chi connectivity index (χ0n) is 51.8. The van der Waals surface area contributed by atoms with Crippen molar-refractivity contribution in [3.05, 3.63) is 339 Å². The van der Waals surface area contributed by atoms with Crippen molar-refractivity contribution in [2.24, 2.45) is 0 Å². The van der Waals surface area contributed by atoms with E-state index in [-0.39, 0.29) is 0 Å². The van der Waals surface area contributed by atoms with Crippen LogP contribution in [0.4, 0.5) is 0 Å². The second-order valence-electron chi connectivity index (χ2n) is 23.7.